The molecule has 2 aromatic rings. The summed E-state index contributed by atoms with van der Waals surface area (Å²) in [5.41, 5.74) is 1.89. The zero-order valence-electron chi connectivity index (χ0n) is 14.0. The number of benzene rings is 1. The van der Waals surface area contributed by atoms with Gasteiger partial charge in [-0.25, -0.2) is 4.79 Å². The summed E-state index contributed by atoms with van der Waals surface area (Å²) in [6.45, 7) is 4.59. The quantitative estimate of drug-likeness (QED) is 0.779. The van der Waals surface area contributed by atoms with Crippen molar-refractivity contribution in [1.29, 1.82) is 0 Å². The molecule has 0 radical (unpaired) electrons. The van der Waals surface area contributed by atoms with Crippen LogP contribution >= 0.6 is 0 Å². The van der Waals surface area contributed by atoms with Crippen molar-refractivity contribution in [1.82, 2.24) is 15.1 Å². The number of nitrogens with one attached hydrogen (secondary N) is 1. The van der Waals surface area contributed by atoms with Gasteiger partial charge in [0, 0.05) is 19.2 Å². The predicted octanol–water partition coefficient (Wildman–Crippen LogP) is 2.42. The predicted molar refractivity (Wildman–Crippen MR) is 90.9 cm³/mol. The van der Waals surface area contributed by atoms with Crippen molar-refractivity contribution in [2.24, 2.45) is 0 Å². The van der Waals surface area contributed by atoms with Crippen LogP contribution in [0.15, 0.2) is 36.5 Å². The Morgan fingerprint density at radius 2 is 2.00 bits per heavy atom. The second-order valence-corrected chi connectivity index (χ2v) is 5.80. The van der Waals surface area contributed by atoms with E-state index in [0.29, 0.717) is 11.3 Å². The number of hydrogen-bond acceptors (Lipinski definition) is 3. The van der Waals surface area contributed by atoms with E-state index in [0.717, 1.165) is 24.9 Å². The fourth-order valence-corrected chi connectivity index (χ4v) is 2.46. The zero-order chi connectivity index (χ0) is 17.5. The minimum absolute atomic E-state index is 0.241. The number of carbonyl (C=O) groups excluding carboxylic acids is 1. The Balaban J connectivity index is 2.08. The largest absolute Gasteiger partial charge is 0.480 e. The van der Waals surface area contributed by atoms with Crippen LogP contribution < -0.4 is 5.32 Å². The number of rotatable bonds is 8. The topological polar surface area (TPSA) is 84.2 Å². The summed E-state index contributed by atoms with van der Waals surface area (Å²) in [5.74, 6) is -1.46. The maximum atomic E-state index is 12.4. The summed E-state index contributed by atoms with van der Waals surface area (Å²) < 4.78 is 1.74. The van der Waals surface area contributed by atoms with Crippen molar-refractivity contribution in [3.05, 3.63) is 53.3 Å². The molecule has 2 N–H and O–H groups in total. The number of hydrogen-bond donors (Lipinski definition) is 2. The third-order valence-electron chi connectivity index (χ3n) is 3.82. The maximum Gasteiger partial charge on any atom is 0.326 e. The SMILES string of the molecule is CCCCn1cc(C(=O)N[C@@H](Cc2ccccc2)C(=O)O)c(C)n1. The molecule has 0 saturated heterocycles. The van der Waals surface area contributed by atoms with Gasteiger partial charge in [0.25, 0.3) is 5.91 Å². The van der Waals surface area contributed by atoms with Crippen LogP contribution in [0.25, 0.3) is 0 Å². The van der Waals surface area contributed by atoms with Crippen molar-refractivity contribution < 1.29 is 14.7 Å². The first-order valence-corrected chi connectivity index (χ1v) is 8.13. The van der Waals surface area contributed by atoms with Crippen molar-refractivity contribution in [2.75, 3.05) is 0 Å². The van der Waals surface area contributed by atoms with Gasteiger partial charge in [0.15, 0.2) is 0 Å². The fourth-order valence-electron chi connectivity index (χ4n) is 2.46. The molecule has 1 amide bonds. The van der Waals surface area contributed by atoms with Gasteiger partial charge in [0.2, 0.25) is 0 Å². The van der Waals surface area contributed by atoms with Crippen LogP contribution in [0.3, 0.4) is 0 Å². The van der Waals surface area contributed by atoms with Crippen molar-refractivity contribution in [3.63, 3.8) is 0 Å². The second kappa shape index (κ2) is 8.29. The van der Waals surface area contributed by atoms with Crippen molar-refractivity contribution in [2.45, 2.75) is 45.7 Å². The molecule has 0 bridgehead atoms. The maximum absolute atomic E-state index is 12.4. The average Bonchev–Trinajstić information content (AvgIpc) is 2.94. The van der Waals surface area contributed by atoms with Gasteiger partial charge in [-0.1, -0.05) is 43.7 Å². The molecular formula is C18H23N3O3. The Kier molecular flexibility index (Phi) is 6.12. The van der Waals surface area contributed by atoms with E-state index in [9.17, 15) is 14.7 Å². The molecule has 0 aliphatic heterocycles. The minimum Gasteiger partial charge on any atom is -0.480 e. The van der Waals surface area contributed by atoms with Crippen LogP contribution in [0.2, 0.25) is 0 Å². The fraction of sp³-hybridized carbons (Fsp3) is 0.389. The molecule has 24 heavy (non-hydrogen) atoms. The van der Waals surface area contributed by atoms with E-state index in [1.54, 1.807) is 17.8 Å². The van der Waals surface area contributed by atoms with E-state index in [2.05, 4.69) is 17.3 Å². The standard InChI is InChI=1S/C18H23N3O3/c1-3-4-10-21-12-15(13(2)20-21)17(22)19-16(18(23)24)11-14-8-6-5-7-9-14/h5-9,12,16H,3-4,10-11H2,1-2H3,(H,19,22)(H,23,24)/t16-/m0/s1. The lowest BCUT2D eigenvalue weighted by Gasteiger charge is -2.14. The summed E-state index contributed by atoms with van der Waals surface area (Å²) in [5, 5.41) is 16.3. The summed E-state index contributed by atoms with van der Waals surface area (Å²) in [4.78, 5) is 23.9. The highest BCUT2D eigenvalue weighted by molar-refractivity contribution is 5.97. The Labute approximate surface area is 141 Å². The van der Waals surface area contributed by atoms with E-state index < -0.39 is 17.9 Å². The number of aromatic nitrogens is 2. The lowest BCUT2D eigenvalue weighted by Crippen LogP contribution is -2.42. The molecule has 1 atom stereocenters. The molecule has 1 aromatic heterocycles. The van der Waals surface area contributed by atoms with Crippen molar-refractivity contribution >= 4 is 11.9 Å². The number of carboxylic acid groups (broad SMARTS) is 1. The van der Waals surface area contributed by atoms with E-state index in [1.807, 2.05) is 30.3 Å². The van der Waals surface area contributed by atoms with Gasteiger partial charge in [-0.3, -0.25) is 9.48 Å². The van der Waals surface area contributed by atoms with Gasteiger partial charge < -0.3 is 10.4 Å². The molecular weight excluding hydrogens is 306 g/mol. The van der Waals surface area contributed by atoms with Gasteiger partial charge in [-0.2, -0.15) is 5.10 Å². The summed E-state index contributed by atoms with van der Waals surface area (Å²) in [7, 11) is 0. The van der Waals surface area contributed by atoms with Crippen LogP contribution in [0.4, 0.5) is 0 Å². The molecule has 1 aromatic carbocycles. The molecule has 0 aliphatic carbocycles. The zero-order valence-corrected chi connectivity index (χ0v) is 14.0. The molecule has 0 aliphatic rings. The Bertz CT molecular complexity index is 695. The number of nitrogens with zero attached hydrogens (tertiary/aromatic N) is 2. The number of carboxylic acids is 1. The number of carbonyl (C=O) groups is 2. The molecule has 2 rings (SSSR count). The first kappa shape index (κ1) is 17.7. The first-order valence-electron chi connectivity index (χ1n) is 8.13. The number of aryl methyl sites for hydroxylation is 2. The van der Waals surface area contributed by atoms with E-state index in [4.69, 9.17) is 0 Å². The highest BCUT2D eigenvalue weighted by Gasteiger charge is 2.23. The lowest BCUT2D eigenvalue weighted by molar-refractivity contribution is -0.139. The molecule has 6 nitrogen and oxygen atoms in total. The molecule has 0 unspecified atom stereocenters. The summed E-state index contributed by atoms with van der Waals surface area (Å²) in [6, 6.07) is 8.27. The highest BCUT2D eigenvalue weighted by Crippen LogP contribution is 2.09. The molecule has 128 valence electrons. The van der Waals surface area contributed by atoms with E-state index in [-0.39, 0.29) is 6.42 Å². The van der Waals surface area contributed by atoms with Gasteiger partial charge in [-0.15, -0.1) is 0 Å². The van der Waals surface area contributed by atoms with Crippen LogP contribution in [0.1, 0.15) is 41.4 Å². The van der Waals surface area contributed by atoms with Crippen LogP contribution in [-0.4, -0.2) is 32.8 Å². The summed E-state index contributed by atoms with van der Waals surface area (Å²) >= 11 is 0. The Hall–Kier alpha value is -2.63. The average molecular weight is 329 g/mol. The Morgan fingerprint density at radius 1 is 1.29 bits per heavy atom. The van der Waals surface area contributed by atoms with Crippen LogP contribution in [0, 0.1) is 6.92 Å². The van der Waals surface area contributed by atoms with Gasteiger partial charge in [-0.05, 0) is 18.9 Å². The van der Waals surface area contributed by atoms with Gasteiger partial charge in [0.1, 0.15) is 6.04 Å². The Morgan fingerprint density at radius 3 is 2.62 bits per heavy atom. The number of aliphatic carboxylic acids is 1. The van der Waals surface area contributed by atoms with E-state index in [1.165, 1.54) is 0 Å². The van der Waals surface area contributed by atoms with Crippen molar-refractivity contribution in [3.8, 4) is 0 Å². The minimum atomic E-state index is -1.05. The van der Waals surface area contributed by atoms with E-state index >= 15 is 0 Å². The first-order chi connectivity index (χ1) is 11.5. The normalized spacial score (nSPS) is 11.9. The smallest absolute Gasteiger partial charge is 0.326 e. The molecule has 0 saturated carbocycles. The van der Waals surface area contributed by atoms with Gasteiger partial charge >= 0.3 is 5.97 Å². The second-order valence-electron chi connectivity index (χ2n) is 5.80. The third-order valence-corrected chi connectivity index (χ3v) is 3.82. The van der Waals surface area contributed by atoms with Crippen LogP contribution in [0.5, 0.6) is 0 Å². The summed E-state index contributed by atoms with van der Waals surface area (Å²) in [6.07, 6.45) is 3.94. The van der Waals surface area contributed by atoms with Gasteiger partial charge in [0.05, 0.1) is 11.3 Å². The third kappa shape index (κ3) is 4.68. The number of unbranched alkanes of at least 4 members (excludes halogenated alkanes) is 1. The highest BCUT2D eigenvalue weighted by atomic mass is 16.4. The van der Waals surface area contributed by atoms with Crippen LogP contribution in [-0.2, 0) is 17.8 Å². The monoisotopic (exact) mass is 329 g/mol. The molecule has 1 heterocycles. The molecule has 0 fully saturated rings. The molecule has 6 heteroatoms. The lowest BCUT2D eigenvalue weighted by atomic mass is 10.1. The number of amides is 1. The molecule has 0 spiro atoms.